The van der Waals surface area contributed by atoms with Crippen LogP contribution in [0.25, 0.3) is 0 Å². The van der Waals surface area contributed by atoms with Crippen LogP contribution in [0.2, 0.25) is 0 Å². The summed E-state index contributed by atoms with van der Waals surface area (Å²) in [5, 5.41) is 12.3. The lowest BCUT2D eigenvalue weighted by atomic mass is 9.84. The first-order valence-electron chi connectivity index (χ1n) is 9.93. The number of hydrogen-bond donors (Lipinski definition) is 2. The minimum atomic E-state index is -0.495. The van der Waals surface area contributed by atoms with Gasteiger partial charge in [-0.05, 0) is 58.1 Å². The topological polar surface area (TPSA) is 77.0 Å². The maximum absolute atomic E-state index is 11.8. The van der Waals surface area contributed by atoms with Crippen molar-refractivity contribution in [1.82, 2.24) is 5.32 Å². The fourth-order valence-electron chi connectivity index (χ4n) is 3.17. The first-order chi connectivity index (χ1) is 13.2. The number of aryl methyl sites for hydroxylation is 1. The van der Waals surface area contributed by atoms with Gasteiger partial charge in [-0.2, -0.15) is 0 Å². The molecular weight excluding hydrogens is 358 g/mol. The summed E-state index contributed by atoms with van der Waals surface area (Å²) >= 11 is 0. The van der Waals surface area contributed by atoms with Crippen molar-refractivity contribution in [1.29, 1.82) is 0 Å². The number of ether oxygens (including phenoxy) is 3. The number of carbonyl (C=O) groups is 1. The van der Waals surface area contributed by atoms with Crippen LogP contribution in [0.4, 0.5) is 4.79 Å². The van der Waals surface area contributed by atoms with Crippen LogP contribution in [0.1, 0.15) is 57.6 Å². The number of amides is 1. The standard InChI is InChI=1S/C22H37NO5/c1-16(26-5)20(14-18(15-24)27-6)19-12-8-7-10-17(19)11-9-13-23-21(25)28-22(2,3)4/h7-8,10,12,16,18,20,24H,9,11,13-15H2,1-6H3,(H,23,25). The minimum absolute atomic E-state index is 0.00904. The molecule has 0 saturated carbocycles. The van der Waals surface area contributed by atoms with Gasteiger partial charge in [-0.1, -0.05) is 24.3 Å². The fraction of sp³-hybridized carbons (Fsp3) is 0.682. The van der Waals surface area contributed by atoms with Crippen molar-refractivity contribution in [3.8, 4) is 0 Å². The Bertz CT molecular complexity index is 581. The van der Waals surface area contributed by atoms with Gasteiger partial charge in [0.05, 0.1) is 18.8 Å². The van der Waals surface area contributed by atoms with Crippen LogP contribution < -0.4 is 5.32 Å². The van der Waals surface area contributed by atoms with Crippen molar-refractivity contribution in [2.75, 3.05) is 27.4 Å². The average Bonchev–Trinajstić information content (AvgIpc) is 2.65. The summed E-state index contributed by atoms with van der Waals surface area (Å²) in [6.45, 7) is 8.10. The second-order valence-electron chi connectivity index (χ2n) is 8.05. The third-order valence-corrected chi connectivity index (χ3v) is 4.74. The molecule has 2 N–H and O–H groups in total. The number of aliphatic hydroxyl groups is 1. The molecule has 0 fully saturated rings. The molecule has 0 aliphatic rings. The van der Waals surface area contributed by atoms with Gasteiger partial charge in [0.2, 0.25) is 0 Å². The Hall–Kier alpha value is -1.63. The molecule has 160 valence electrons. The molecule has 0 aromatic heterocycles. The number of nitrogens with one attached hydrogen (secondary N) is 1. The molecule has 0 radical (unpaired) electrons. The Balaban J connectivity index is 2.77. The predicted molar refractivity (Wildman–Crippen MR) is 111 cm³/mol. The summed E-state index contributed by atoms with van der Waals surface area (Å²) < 4.78 is 16.3. The molecule has 1 aromatic rings. The van der Waals surface area contributed by atoms with Gasteiger partial charge in [0, 0.05) is 26.7 Å². The lowest BCUT2D eigenvalue weighted by molar-refractivity contribution is 0.0165. The van der Waals surface area contributed by atoms with Crippen molar-refractivity contribution < 1.29 is 24.1 Å². The first-order valence-corrected chi connectivity index (χ1v) is 9.93. The SMILES string of the molecule is COC(CO)CC(c1ccccc1CCCNC(=O)OC(C)(C)C)C(C)OC. The molecule has 0 heterocycles. The number of carbonyl (C=O) groups excluding carboxylic acids is 1. The normalized spacial score (nSPS) is 15.0. The Kier molecular flexibility index (Phi) is 10.5. The van der Waals surface area contributed by atoms with E-state index in [-0.39, 0.29) is 24.7 Å². The Morgan fingerprint density at radius 1 is 1.18 bits per heavy atom. The van der Waals surface area contributed by atoms with E-state index >= 15 is 0 Å². The van der Waals surface area contributed by atoms with E-state index in [1.165, 1.54) is 11.1 Å². The maximum atomic E-state index is 11.8. The lowest BCUT2D eigenvalue weighted by Crippen LogP contribution is -2.33. The number of benzene rings is 1. The highest BCUT2D eigenvalue weighted by Gasteiger charge is 2.25. The molecule has 1 rings (SSSR count). The number of aliphatic hydroxyl groups excluding tert-OH is 1. The number of hydrogen-bond acceptors (Lipinski definition) is 5. The minimum Gasteiger partial charge on any atom is -0.444 e. The van der Waals surface area contributed by atoms with Crippen molar-refractivity contribution >= 4 is 6.09 Å². The van der Waals surface area contributed by atoms with Crippen LogP contribution in [0.15, 0.2) is 24.3 Å². The second-order valence-corrected chi connectivity index (χ2v) is 8.05. The Morgan fingerprint density at radius 3 is 2.43 bits per heavy atom. The molecule has 6 nitrogen and oxygen atoms in total. The smallest absolute Gasteiger partial charge is 0.407 e. The molecule has 0 aliphatic carbocycles. The molecule has 0 bridgehead atoms. The average molecular weight is 396 g/mol. The van der Waals surface area contributed by atoms with Crippen LogP contribution in [-0.2, 0) is 20.6 Å². The monoisotopic (exact) mass is 395 g/mol. The molecular formula is C22H37NO5. The van der Waals surface area contributed by atoms with Gasteiger partial charge in [-0.15, -0.1) is 0 Å². The zero-order valence-corrected chi connectivity index (χ0v) is 18.2. The van der Waals surface area contributed by atoms with Crippen molar-refractivity contribution in [2.45, 2.75) is 70.7 Å². The number of methoxy groups -OCH3 is 2. The lowest BCUT2D eigenvalue weighted by Gasteiger charge is -2.28. The molecule has 0 aliphatic heterocycles. The van der Waals surface area contributed by atoms with Crippen LogP contribution in [0.5, 0.6) is 0 Å². The highest BCUT2D eigenvalue weighted by atomic mass is 16.6. The molecule has 0 saturated heterocycles. The van der Waals surface area contributed by atoms with Crippen LogP contribution >= 0.6 is 0 Å². The van der Waals surface area contributed by atoms with E-state index in [2.05, 4.69) is 17.4 Å². The number of alkyl carbamates (subject to hydrolysis) is 1. The van der Waals surface area contributed by atoms with E-state index < -0.39 is 11.7 Å². The highest BCUT2D eigenvalue weighted by molar-refractivity contribution is 5.67. The van der Waals surface area contributed by atoms with Gasteiger partial charge in [-0.25, -0.2) is 4.79 Å². The van der Waals surface area contributed by atoms with Crippen molar-refractivity contribution in [3.05, 3.63) is 35.4 Å². The van der Waals surface area contributed by atoms with Gasteiger partial charge in [0.1, 0.15) is 5.60 Å². The van der Waals surface area contributed by atoms with Crippen LogP contribution in [0.3, 0.4) is 0 Å². The zero-order chi connectivity index (χ0) is 21.2. The third-order valence-electron chi connectivity index (χ3n) is 4.74. The summed E-state index contributed by atoms with van der Waals surface area (Å²) in [5.41, 5.74) is 1.92. The van der Waals surface area contributed by atoms with E-state index in [1.54, 1.807) is 14.2 Å². The Labute approximate surface area is 169 Å². The molecule has 3 atom stereocenters. The highest BCUT2D eigenvalue weighted by Crippen LogP contribution is 2.30. The third kappa shape index (κ3) is 8.59. The molecule has 1 amide bonds. The van der Waals surface area contributed by atoms with Gasteiger partial charge >= 0.3 is 6.09 Å². The van der Waals surface area contributed by atoms with E-state index in [0.717, 1.165) is 12.8 Å². The van der Waals surface area contributed by atoms with Crippen molar-refractivity contribution in [3.63, 3.8) is 0 Å². The molecule has 1 aromatic carbocycles. The zero-order valence-electron chi connectivity index (χ0n) is 18.2. The van der Waals surface area contributed by atoms with Crippen molar-refractivity contribution in [2.24, 2.45) is 0 Å². The summed E-state index contributed by atoms with van der Waals surface area (Å²) in [6, 6.07) is 8.27. The predicted octanol–water partition coefficient (Wildman–Crippen LogP) is 3.66. The summed E-state index contributed by atoms with van der Waals surface area (Å²) in [6.07, 6.45) is 1.68. The van der Waals surface area contributed by atoms with Crippen LogP contribution in [-0.4, -0.2) is 56.4 Å². The van der Waals surface area contributed by atoms with Crippen LogP contribution in [0, 0.1) is 0 Å². The maximum Gasteiger partial charge on any atom is 0.407 e. The molecule has 0 spiro atoms. The van der Waals surface area contributed by atoms with Gasteiger partial charge in [-0.3, -0.25) is 0 Å². The molecule has 3 unspecified atom stereocenters. The summed E-state index contributed by atoms with van der Waals surface area (Å²) in [7, 11) is 3.31. The van der Waals surface area contributed by atoms with E-state index in [4.69, 9.17) is 14.2 Å². The van der Waals surface area contributed by atoms with Gasteiger partial charge in [0.25, 0.3) is 0 Å². The summed E-state index contributed by atoms with van der Waals surface area (Å²) in [5.74, 6) is 0.108. The quantitative estimate of drug-likeness (QED) is 0.559. The van der Waals surface area contributed by atoms with E-state index in [9.17, 15) is 9.90 Å². The van der Waals surface area contributed by atoms with E-state index in [0.29, 0.717) is 13.0 Å². The Morgan fingerprint density at radius 2 is 1.86 bits per heavy atom. The summed E-state index contributed by atoms with van der Waals surface area (Å²) in [4.78, 5) is 11.8. The van der Waals surface area contributed by atoms with E-state index in [1.807, 2.05) is 39.8 Å². The fourth-order valence-corrected chi connectivity index (χ4v) is 3.17. The molecule has 28 heavy (non-hydrogen) atoms. The first kappa shape index (κ1) is 24.4. The molecule has 6 heteroatoms. The second kappa shape index (κ2) is 12.0. The largest absolute Gasteiger partial charge is 0.444 e. The van der Waals surface area contributed by atoms with Gasteiger partial charge < -0.3 is 24.6 Å². The number of rotatable bonds is 11. The van der Waals surface area contributed by atoms with Gasteiger partial charge in [0.15, 0.2) is 0 Å².